The zero-order valence-electron chi connectivity index (χ0n) is 23.7. The Bertz CT molecular complexity index is 1130. The van der Waals surface area contributed by atoms with E-state index in [2.05, 4.69) is 42.9 Å². The second kappa shape index (κ2) is 12.0. The van der Waals surface area contributed by atoms with Crippen molar-refractivity contribution in [1.29, 1.82) is 0 Å². The molecule has 0 saturated carbocycles. The zero-order valence-corrected chi connectivity index (χ0v) is 23.7. The molecule has 1 aromatic heterocycles. The third-order valence-electron chi connectivity index (χ3n) is 8.07. The molecule has 0 aliphatic carbocycles. The molecule has 3 atom stereocenters. The molecular weight excluding hydrogens is 464 g/mol. The van der Waals surface area contributed by atoms with Crippen LogP contribution in [-0.4, -0.2) is 76.6 Å². The Hall–Kier alpha value is -2.29. The predicted molar refractivity (Wildman–Crippen MR) is 151 cm³/mol. The third-order valence-corrected chi connectivity index (χ3v) is 8.07. The maximum Gasteiger partial charge on any atom is 0.261 e. The first-order valence-electron chi connectivity index (χ1n) is 14.3. The van der Waals surface area contributed by atoms with Gasteiger partial charge in [0.25, 0.3) is 5.56 Å². The Morgan fingerprint density at radius 1 is 1.14 bits per heavy atom. The molecule has 2 aromatic rings. The van der Waals surface area contributed by atoms with E-state index in [-0.39, 0.29) is 23.6 Å². The van der Waals surface area contributed by atoms with Gasteiger partial charge in [0.15, 0.2) is 0 Å². The quantitative estimate of drug-likeness (QED) is 0.583. The van der Waals surface area contributed by atoms with Crippen molar-refractivity contribution >= 4 is 22.5 Å². The first-order chi connectivity index (χ1) is 17.8. The summed E-state index contributed by atoms with van der Waals surface area (Å²) in [5.74, 6) is 0.979. The molecule has 0 spiro atoms. The van der Waals surface area contributed by atoms with Crippen LogP contribution >= 0.6 is 0 Å². The number of piperidine rings is 1. The molecule has 8 nitrogen and oxygen atoms in total. The minimum atomic E-state index is -0.00559. The number of benzene rings is 1. The summed E-state index contributed by atoms with van der Waals surface area (Å²) in [4.78, 5) is 38.9. The lowest BCUT2D eigenvalue weighted by Crippen LogP contribution is -2.55. The minimum absolute atomic E-state index is 0.00559. The highest BCUT2D eigenvalue weighted by atomic mass is 16.2. The van der Waals surface area contributed by atoms with Crippen LogP contribution in [0.2, 0.25) is 0 Å². The lowest BCUT2D eigenvalue weighted by Gasteiger charge is -2.41. The SMILES string of the molecule is CCCC(c1nc2ccc(N(C(=O)CC)C3CCN(C)CC3)cc2c(=O)n1CC)N1C[C@@H](C)N[C@@H](C)C1. The summed E-state index contributed by atoms with van der Waals surface area (Å²) in [5.41, 5.74) is 1.53. The fourth-order valence-corrected chi connectivity index (χ4v) is 6.29. The number of nitrogens with one attached hydrogen (secondary N) is 1. The van der Waals surface area contributed by atoms with Crippen molar-refractivity contribution in [2.75, 3.05) is 38.1 Å². The van der Waals surface area contributed by atoms with Crippen LogP contribution < -0.4 is 15.8 Å². The number of nitrogens with zero attached hydrogens (tertiary/aromatic N) is 5. The molecule has 2 aliphatic rings. The van der Waals surface area contributed by atoms with E-state index in [0.29, 0.717) is 30.4 Å². The van der Waals surface area contributed by atoms with Gasteiger partial charge in [-0.1, -0.05) is 20.3 Å². The van der Waals surface area contributed by atoms with Crippen LogP contribution in [0.1, 0.15) is 78.6 Å². The molecule has 2 aliphatic heterocycles. The van der Waals surface area contributed by atoms with Gasteiger partial charge in [0.1, 0.15) is 5.82 Å². The number of hydrogen-bond donors (Lipinski definition) is 1. The molecule has 1 aromatic carbocycles. The van der Waals surface area contributed by atoms with Gasteiger partial charge in [-0.2, -0.15) is 0 Å². The summed E-state index contributed by atoms with van der Waals surface area (Å²) in [6.07, 6.45) is 4.32. The fourth-order valence-electron chi connectivity index (χ4n) is 6.29. The molecule has 204 valence electrons. The van der Waals surface area contributed by atoms with E-state index in [4.69, 9.17) is 4.98 Å². The van der Waals surface area contributed by atoms with E-state index in [9.17, 15) is 9.59 Å². The number of rotatable bonds is 8. The van der Waals surface area contributed by atoms with Gasteiger partial charge in [-0.3, -0.25) is 19.1 Å². The smallest absolute Gasteiger partial charge is 0.261 e. The van der Waals surface area contributed by atoms with Crippen molar-refractivity contribution < 1.29 is 4.79 Å². The van der Waals surface area contributed by atoms with Gasteiger partial charge in [-0.05, 0) is 78.4 Å². The summed E-state index contributed by atoms with van der Waals surface area (Å²) in [6, 6.07) is 6.91. The Kier molecular flexibility index (Phi) is 9.03. The number of fused-ring (bicyclic) bond motifs is 1. The van der Waals surface area contributed by atoms with Gasteiger partial charge in [-0.15, -0.1) is 0 Å². The average molecular weight is 511 g/mol. The van der Waals surface area contributed by atoms with E-state index in [1.807, 2.05) is 41.5 Å². The molecule has 2 saturated heterocycles. The molecule has 4 rings (SSSR count). The molecule has 37 heavy (non-hydrogen) atoms. The van der Waals surface area contributed by atoms with E-state index in [0.717, 1.165) is 68.9 Å². The zero-order chi connectivity index (χ0) is 26.7. The highest BCUT2D eigenvalue weighted by Crippen LogP contribution is 2.30. The largest absolute Gasteiger partial charge is 0.309 e. The maximum atomic E-state index is 13.9. The first kappa shape index (κ1) is 27.7. The number of piperazine rings is 1. The number of hydrogen-bond acceptors (Lipinski definition) is 6. The van der Waals surface area contributed by atoms with Crippen LogP contribution in [0.5, 0.6) is 0 Å². The highest BCUT2D eigenvalue weighted by Gasteiger charge is 2.31. The van der Waals surface area contributed by atoms with Crippen LogP contribution in [0.25, 0.3) is 10.9 Å². The van der Waals surface area contributed by atoms with Gasteiger partial charge >= 0.3 is 0 Å². The van der Waals surface area contributed by atoms with Crippen molar-refractivity contribution in [3.63, 3.8) is 0 Å². The molecular formula is C29H46N6O2. The van der Waals surface area contributed by atoms with E-state index in [1.165, 1.54) is 0 Å². The highest BCUT2D eigenvalue weighted by molar-refractivity contribution is 5.96. The number of aromatic nitrogens is 2. The standard InChI is InChI=1S/C29H46N6O2/c1-7-10-26(33-18-20(4)30-21(5)19-33)28-31-25-12-11-23(17-24(25)29(37)34(28)9-3)35(27(36)8-2)22-13-15-32(6)16-14-22/h11-12,17,20-22,26,30H,7-10,13-16,18-19H2,1-6H3/t20-,21+,26?. The molecule has 1 unspecified atom stereocenters. The number of carbonyl (C=O) groups excluding carboxylic acids is 1. The van der Waals surface area contributed by atoms with Crippen molar-refractivity contribution in [2.24, 2.45) is 0 Å². The number of anilines is 1. The molecule has 0 bridgehead atoms. The summed E-state index contributed by atoms with van der Waals surface area (Å²) in [5, 5.41) is 4.22. The summed E-state index contributed by atoms with van der Waals surface area (Å²) >= 11 is 0. The van der Waals surface area contributed by atoms with Crippen molar-refractivity contribution in [3.05, 3.63) is 34.4 Å². The second-order valence-corrected chi connectivity index (χ2v) is 11.1. The maximum absolute atomic E-state index is 13.9. The molecule has 8 heteroatoms. The Morgan fingerprint density at radius 2 is 1.81 bits per heavy atom. The molecule has 3 heterocycles. The van der Waals surface area contributed by atoms with Crippen LogP contribution in [0.15, 0.2) is 23.0 Å². The van der Waals surface area contributed by atoms with E-state index in [1.54, 1.807) is 0 Å². The number of amides is 1. The Balaban J connectivity index is 1.77. The lowest BCUT2D eigenvalue weighted by atomic mass is 10.0. The third kappa shape index (κ3) is 5.91. The molecule has 2 fully saturated rings. The number of carbonyl (C=O) groups is 1. The monoisotopic (exact) mass is 510 g/mol. The predicted octanol–water partition coefficient (Wildman–Crippen LogP) is 3.78. The van der Waals surface area contributed by atoms with Crippen molar-refractivity contribution in [3.8, 4) is 0 Å². The van der Waals surface area contributed by atoms with Gasteiger partial charge in [0.2, 0.25) is 5.91 Å². The average Bonchev–Trinajstić information content (AvgIpc) is 2.88. The van der Waals surface area contributed by atoms with Gasteiger partial charge in [-0.25, -0.2) is 4.98 Å². The van der Waals surface area contributed by atoms with Crippen LogP contribution in [0, 0.1) is 0 Å². The lowest BCUT2D eigenvalue weighted by molar-refractivity contribution is -0.119. The van der Waals surface area contributed by atoms with Gasteiger partial charge in [0.05, 0.1) is 16.9 Å². The first-order valence-corrected chi connectivity index (χ1v) is 14.3. The molecule has 0 radical (unpaired) electrons. The Morgan fingerprint density at radius 3 is 2.41 bits per heavy atom. The topological polar surface area (TPSA) is 73.7 Å². The summed E-state index contributed by atoms with van der Waals surface area (Å²) < 4.78 is 1.87. The van der Waals surface area contributed by atoms with E-state index >= 15 is 0 Å². The molecule has 1 N–H and O–H groups in total. The van der Waals surface area contributed by atoms with Crippen molar-refractivity contribution in [1.82, 2.24) is 24.7 Å². The van der Waals surface area contributed by atoms with E-state index < -0.39 is 0 Å². The fraction of sp³-hybridized carbons (Fsp3) is 0.690. The normalized spacial score (nSPS) is 22.9. The van der Waals surface area contributed by atoms with Crippen molar-refractivity contribution in [2.45, 2.75) is 97.4 Å². The van der Waals surface area contributed by atoms with Crippen LogP contribution in [-0.2, 0) is 11.3 Å². The molecule has 1 amide bonds. The van der Waals surface area contributed by atoms with Gasteiger partial charge in [0, 0.05) is 49.9 Å². The minimum Gasteiger partial charge on any atom is -0.309 e. The Labute approximate surface area is 222 Å². The second-order valence-electron chi connectivity index (χ2n) is 11.1. The van der Waals surface area contributed by atoms with Gasteiger partial charge < -0.3 is 15.1 Å². The van der Waals surface area contributed by atoms with Crippen LogP contribution in [0.4, 0.5) is 5.69 Å². The van der Waals surface area contributed by atoms with Crippen LogP contribution in [0.3, 0.4) is 0 Å². The number of likely N-dealkylation sites (tertiary alicyclic amines) is 1. The summed E-state index contributed by atoms with van der Waals surface area (Å²) in [6.45, 7) is 15.0. The summed E-state index contributed by atoms with van der Waals surface area (Å²) in [7, 11) is 2.13.